The number of hydrogen-bond donors (Lipinski definition) is 0. The van der Waals surface area contributed by atoms with Crippen molar-refractivity contribution in [3.05, 3.63) is 33.8 Å². The molecule has 4 nitrogen and oxygen atoms in total. The first kappa shape index (κ1) is 13.0. The zero-order valence-electron chi connectivity index (χ0n) is 10.1. The normalized spacial score (nSPS) is 14.3. The van der Waals surface area contributed by atoms with Crippen molar-refractivity contribution in [1.29, 1.82) is 0 Å². The minimum absolute atomic E-state index is 0.122. The summed E-state index contributed by atoms with van der Waals surface area (Å²) in [5.74, 6) is -1.11. The molecule has 1 heterocycles. The molecule has 2 rings (SSSR count). The number of fused-ring (bicyclic) bond motifs is 1. The summed E-state index contributed by atoms with van der Waals surface area (Å²) in [4.78, 5) is 36.7. The summed E-state index contributed by atoms with van der Waals surface area (Å²) in [5, 5.41) is 0. The fraction of sp³-hybridized carbons (Fsp3) is 0.308. The molecule has 0 saturated carbocycles. The molecule has 0 bridgehead atoms. The van der Waals surface area contributed by atoms with Gasteiger partial charge in [-0.15, -0.1) is 0 Å². The number of halogens is 1. The summed E-state index contributed by atoms with van der Waals surface area (Å²) < 4.78 is 0.736. The molecule has 1 aliphatic heterocycles. The Morgan fingerprint density at radius 1 is 1.22 bits per heavy atom. The number of hydrogen-bond acceptors (Lipinski definition) is 3. The second kappa shape index (κ2) is 4.65. The van der Waals surface area contributed by atoms with Crippen LogP contribution in [0.3, 0.4) is 0 Å². The molecule has 5 heteroatoms. The zero-order chi connectivity index (χ0) is 13.4. The number of carbonyl (C=O) groups excluding carboxylic acids is 3. The second-order valence-electron chi connectivity index (χ2n) is 4.51. The summed E-state index contributed by atoms with van der Waals surface area (Å²) in [5.41, 5.74) is 0.714. The average Bonchev–Trinajstić information content (AvgIpc) is 2.54. The Kier molecular flexibility index (Phi) is 3.34. The predicted molar refractivity (Wildman–Crippen MR) is 69.4 cm³/mol. The van der Waals surface area contributed by atoms with Crippen LogP contribution in [-0.4, -0.2) is 29.0 Å². The van der Waals surface area contributed by atoms with Gasteiger partial charge in [-0.25, -0.2) is 0 Å². The number of rotatable bonds is 3. The van der Waals surface area contributed by atoms with E-state index in [1.807, 2.05) is 0 Å². The van der Waals surface area contributed by atoms with E-state index in [1.54, 1.807) is 32.0 Å². The number of imide groups is 1. The molecule has 0 unspecified atom stereocenters. The lowest BCUT2D eigenvalue weighted by molar-refractivity contribution is -0.122. The summed E-state index contributed by atoms with van der Waals surface area (Å²) in [6, 6.07) is 4.91. The maximum atomic E-state index is 12.0. The van der Waals surface area contributed by atoms with Crippen molar-refractivity contribution in [3.8, 4) is 0 Å². The van der Waals surface area contributed by atoms with Gasteiger partial charge in [0, 0.05) is 10.4 Å². The summed E-state index contributed by atoms with van der Waals surface area (Å²) in [6.45, 7) is 3.34. The van der Waals surface area contributed by atoms with Gasteiger partial charge in [-0.3, -0.25) is 19.3 Å². The molecule has 18 heavy (non-hydrogen) atoms. The van der Waals surface area contributed by atoms with Gasteiger partial charge in [0.2, 0.25) is 0 Å². The van der Waals surface area contributed by atoms with Crippen LogP contribution in [0.5, 0.6) is 0 Å². The van der Waals surface area contributed by atoms with E-state index in [4.69, 9.17) is 0 Å². The molecule has 0 N–H and O–H groups in total. The number of amides is 2. The van der Waals surface area contributed by atoms with Gasteiger partial charge >= 0.3 is 0 Å². The highest BCUT2D eigenvalue weighted by Gasteiger charge is 2.36. The quantitative estimate of drug-likeness (QED) is 0.805. The lowest BCUT2D eigenvalue weighted by atomic mass is 10.1. The number of Topliss-reactive ketones (excluding diaryl/α,β-unsaturated/α-hetero) is 1. The standard InChI is InChI=1S/C13H12BrNO3/c1-7(2)11(16)6-15-12(17)9-4-3-8(14)5-10(9)13(15)18/h3-5,7H,6H2,1-2H3. The largest absolute Gasteiger partial charge is 0.297 e. The van der Waals surface area contributed by atoms with Crippen LogP contribution in [0.2, 0.25) is 0 Å². The molecule has 1 aromatic carbocycles. The van der Waals surface area contributed by atoms with Crippen LogP contribution in [0.25, 0.3) is 0 Å². The Labute approximate surface area is 113 Å². The zero-order valence-corrected chi connectivity index (χ0v) is 11.7. The summed E-state index contributed by atoms with van der Waals surface area (Å²) in [7, 11) is 0. The molecule has 0 saturated heterocycles. The first-order valence-electron chi connectivity index (χ1n) is 5.60. The highest BCUT2D eigenvalue weighted by atomic mass is 79.9. The molecule has 2 amide bonds. The predicted octanol–water partition coefficient (Wildman–Crippen LogP) is 2.27. The molecule has 0 fully saturated rings. The van der Waals surface area contributed by atoms with Crippen molar-refractivity contribution in [1.82, 2.24) is 4.90 Å². The lowest BCUT2D eigenvalue weighted by Gasteiger charge is -2.13. The van der Waals surface area contributed by atoms with E-state index >= 15 is 0 Å². The minimum Gasteiger partial charge on any atom is -0.297 e. The molecule has 0 radical (unpaired) electrons. The third kappa shape index (κ3) is 2.10. The number of nitrogens with zero attached hydrogens (tertiary/aromatic N) is 1. The monoisotopic (exact) mass is 309 g/mol. The van der Waals surface area contributed by atoms with Gasteiger partial charge in [-0.1, -0.05) is 29.8 Å². The van der Waals surface area contributed by atoms with Crippen LogP contribution < -0.4 is 0 Å². The number of benzene rings is 1. The van der Waals surface area contributed by atoms with Gasteiger partial charge in [-0.2, -0.15) is 0 Å². The molecule has 0 aliphatic carbocycles. The lowest BCUT2D eigenvalue weighted by Crippen LogP contribution is -2.36. The fourth-order valence-electron chi connectivity index (χ4n) is 1.74. The van der Waals surface area contributed by atoms with Gasteiger partial charge < -0.3 is 0 Å². The average molecular weight is 310 g/mol. The molecule has 1 aromatic rings. The molecule has 94 valence electrons. The highest BCUT2D eigenvalue weighted by Crippen LogP contribution is 2.26. The summed E-state index contributed by atoms with van der Waals surface area (Å²) in [6.07, 6.45) is 0. The SMILES string of the molecule is CC(C)C(=O)CN1C(=O)c2ccc(Br)cc2C1=O. The Hall–Kier alpha value is -1.49. The first-order chi connectivity index (χ1) is 8.41. The fourth-order valence-corrected chi connectivity index (χ4v) is 2.11. The van der Waals surface area contributed by atoms with E-state index in [0.717, 1.165) is 9.37 Å². The third-order valence-corrected chi connectivity index (χ3v) is 3.38. The number of ketones is 1. The van der Waals surface area contributed by atoms with Crippen molar-refractivity contribution in [3.63, 3.8) is 0 Å². The second-order valence-corrected chi connectivity index (χ2v) is 5.42. The van der Waals surface area contributed by atoms with E-state index in [0.29, 0.717) is 11.1 Å². The first-order valence-corrected chi connectivity index (χ1v) is 6.39. The Balaban J connectivity index is 2.31. The van der Waals surface area contributed by atoms with Crippen molar-refractivity contribution < 1.29 is 14.4 Å². The van der Waals surface area contributed by atoms with E-state index in [1.165, 1.54) is 0 Å². The smallest absolute Gasteiger partial charge is 0.262 e. The molecular weight excluding hydrogens is 298 g/mol. The molecular formula is C13H12BrNO3. The topological polar surface area (TPSA) is 54.5 Å². The summed E-state index contributed by atoms with van der Waals surface area (Å²) >= 11 is 3.26. The van der Waals surface area contributed by atoms with Crippen LogP contribution in [0, 0.1) is 5.92 Å². The van der Waals surface area contributed by atoms with E-state index in [2.05, 4.69) is 15.9 Å². The molecule has 0 aromatic heterocycles. The maximum absolute atomic E-state index is 12.0. The molecule has 0 atom stereocenters. The van der Waals surface area contributed by atoms with Crippen molar-refractivity contribution in [2.24, 2.45) is 5.92 Å². The van der Waals surface area contributed by atoms with Gasteiger partial charge in [-0.05, 0) is 18.2 Å². The Bertz CT molecular complexity index is 551. The van der Waals surface area contributed by atoms with Gasteiger partial charge in [0.05, 0.1) is 17.7 Å². The van der Waals surface area contributed by atoms with E-state index in [-0.39, 0.29) is 18.2 Å². The Morgan fingerprint density at radius 3 is 2.44 bits per heavy atom. The highest BCUT2D eigenvalue weighted by molar-refractivity contribution is 9.10. The molecule has 0 spiro atoms. The minimum atomic E-state index is -0.398. The molecule has 1 aliphatic rings. The third-order valence-electron chi connectivity index (χ3n) is 2.89. The van der Waals surface area contributed by atoms with E-state index < -0.39 is 11.8 Å². The van der Waals surface area contributed by atoms with E-state index in [9.17, 15) is 14.4 Å². The number of carbonyl (C=O) groups is 3. The van der Waals surface area contributed by atoms with Crippen LogP contribution in [0.4, 0.5) is 0 Å². The van der Waals surface area contributed by atoms with Crippen molar-refractivity contribution in [2.75, 3.05) is 6.54 Å². The van der Waals surface area contributed by atoms with Gasteiger partial charge in [0.15, 0.2) is 5.78 Å². The van der Waals surface area contributed by atoms with Crippen LogP contribution in [0.1, 0.15) is 34.6 Å². The van der Waals surface area contributed by atoms with Crippen LogP contribution >= 0.6 is 15.9 Å². The van der Waals surface area contributed by atoms with Crippen LogP contribution in [-0.2, 0) is 4.79 Å². The van der Waals surface area contributed by atoms with Crippen LogP contribution in [0.15, 0.2) is 22.7 Å². The van der Waals surface area contributed by atoms with Gasteiger partial charge in [0.1, 0.15) is 0 Å². The van der Waals surface area contributed by atoms with Crippen molar-refractivity contribution in [2.45, 2.75) is 13.8 Å². The Morgan fingerprint density at radius 2 is 1.83 bits per heavy atom. The van der Waals surface area contributed by atoms with Crippen molar-refractivity contribution >= 4 is 33.5 Å². The maximum Gasteiger partial charge on any atom is 0.262 e. The van der Waals surface area contributed by atoms with Gasteiger partial charge in [0.25, 0.3) is 11.8 Å².